The number of hydrogen-bond donors (Lipinski definition) is 2. The fraction of sp³-hybridized carbons (Fsp3) is 0.786. The van der Waals surface area contributed by atoms with Crippen LogP contribution in [-0.4, -0.2) is 45.8 Å². The molecular formula is C14H24ClN5O. The highest BCUT2D eigenvalue weighted by Crippen LogP contribution is 2.25. The molecule has 1 fully saturated rings. The highest BCUT2D eigenvalue weighted by atomic mass is 35.5. The maximum absolute atomic E-state index is 9.23. The van der Waals surface area contributed by atoms with Gasteiger partial charge in [0.15, 0.2) is 0 Å². The third kappa shape index (κ3) is 4.41. The topological polar surface area (TPSA) is 74.2 Å². The Morgan fingerprint density at radius 1 is 1.24 bits per heavy atom. The van der Waals surface area contributed by atoms with E-state index in [0.29, 0.717) is 18.3 Å². The number of anilines is 2. The van der Waals surface area contributed by atoms with Crippen LogP contribution in [0.3, 0.4) is 0 Å². The molecule has 0 bridgehead atoms. The van der Waals surface area contributed by atoms with Crippen molar-refractivity contribution in [1.29, 1.82) is 0 Å². The molecule has 21 heavy (non-hydrogen) atoms. The van der Waals surface area contributed by atoms with E-state index in [0.717, 1.165) is 25.9 Å². The largest absolute Gasteiger partial charge is 0.396 e. The Balaban J connectivity index is 2.18. The molecule has 1 atom stereocenters. The van der Waals surface area contributed by atoms with Crippen LogP contribution in [-0.2, 0) is 0 Å². The normalized spacial score (nSPS) is 17.1. The molecule has 1 aliphatic rings. The summed E-state index contributed by atoms with van der Waals surface area (Å²) in [6.07, 6.45) is 2.94. The van der Waals surface area contributed by atoms with Crippen LogP contribution >= 0.6 is 11.6 Å². The number of aliphatic hydroxyl groups is 1. The van der Waals surface area contributed by atoms with Gasteiger partial charge in [0.2, 0.25) is 17.2 Å². The van der Waals surface area contributed by atoms with Gasteiger partial charge in [0.1, 0.15) is 0 Å². The van der Waals surface area contributed by atoms with Crippen LogP contribution in [0.1, 0.15) is 40.0 Å². The molecule has 2 N–H and O–H groups in total. The standard InChI is InChI=1S/C14H24ClN5O/c1-14(2,3)10(6-9-21)16-12-17-11(15)18-13(19-12)20-7-4-5-8-20/h10,21H,4-9H2,1-3H3,(H,16,17,18,19). The maximum Gasteiger partial charge on any atom is 0.231 e. The molecule has 1 unspecified atom stereocenters. The third-order valence-corrected chi connectivity index (χ3v) is 3.92. The van der Waals surface area contributed by atoms with E-state index in [1.807, 2.05) is 0 Å². The van der Waals surface area contributed by atoms with Gasteiger partial charge in [-0.2, -0.15) is 15.0 Å². The lowest BCUT2D eigenvalue weighted by Gasteiger charge is -2.31. The van der Waals surface area contributed by atoms with Crippen LogP contribution in [0.4, 0.5) is 11.9 Å². The Hall–Kier alpha value is -1.14. The smallest absolute Gasteiger partial charge is 0.231 e. The lowest BCUT2D eigenvalue weighted by molar-refractivity contribution is 0.235. The van der Waals surface area contributed by atoms with Crippen molar-refractivity contribution >= 4 is 23.5 Å². The summed E-state index contributed by atoms with van der Waals surface area (Å²) in [7, 11) is 0. The van der Waals surface area contributed by atoms with Crippen molar-refractivity contribution in [1.82, 2.24) is 15.0 Å². The monoisotopic (exact) mass is 313 g/mol. The second-order valence-electron chi connectivity index (χ2n) is 6.50. The van der Waals surface area contributed by atoms with Crippen molar-refractivity contribution in [3.05, 3.63) is 5.28 Å². The minimum Gasteiger partial charge on any atom is -0.396 e. The molecule has 0 aliphatic carbocycles. The SMILES string of the molecule is CC(C)(C)C(CCO)Nc1nc(Cl)nc(N2CCCC2)n1. The van der Waals surface area contributed by atoms with Gasteiger partial charge in [-0.1, -0.05) is 20.8 Å². The van der Waals surface area contributed by atoms with Gasteiger partial charge in [-0.15, -0.1) is 0 Å². The minimum atomic E-state index is -0.0182. The van der Waals surface area contributed by atoms with Crippen molar-refractivity contribution in [2.75, 3.05) is 29.9 Å². The Morgan fingerprint density at radius 3 is 2.48 bits per heavy atom. The van der Waals surface area contributed by atoms with Gasteiger partial charge in [-0.25, -0.2) is 0 Å². The molecule has 2 heterocycles. The molecule has 1 saturated heterocycles. The summed E-state index contributed by atoms with van der Waals surface area (Å²) in [5.74, 6) is 1.11. The first-order valence-corrected chi connectivity index (χ1v) is 7.82. The second kappa shape index (κ2) is 6.75. The van der Waals surface area contributed by atoms with E-state index in [9.17, 15) is 5.11 Å². The molecule has 0 saturated carbocycles. The first kappa shape index (κ1) is 16.2. The van der Waals surface area contributed by atoms with E-state index in [4.69, 9.17) is 11.6 Å². The van der Waals surface area contributed by atoms with E-state index in [2.05, 4.69) is 45.9 Å². The van der Waals surface area contributed by atoms with Gasteiger partial charge < -0.3 is 15.3 Å². The van der Waals surface area contributed by atoms with Gasteiger partial charge in [0.05, 0.1) is 0 Å². The Morgan fingerprint density at radius 2 is 1.90 bits per heavy atom. The fourth-order valence-corrected chi connectivity index (χ4v) is 2.63. The fourth-order valence-electron chi connectivity index (χ4n) is 2.47. The maximum atomic E-state index is 9.23. The average Bonchev–Trinajstić information content (AvgIpc) is 2.90. The van der Waals surface area contributed by atoms with E-state index >= 15 is 0 Å². The number of halogens is 1. The molecule has 0 aromatic carbocycles. The number of nitrogens with one attached hydrogen (secondary N) is 1. The summed E-state index contributed by atoms with van der Waals surface area (Å²) in [5.41, 5.74) is -0.0182. The van der Waals surface area contributed by atoms with Crippen molar-refractivity contribution in [3.63, 3.8) is 0 Å². The highest BCUT2D eigenvalue weighted by molar-refractivity contribution is 6.28. The number of hydrogen-bond acceptors (Lipinski definition) is 6. The van der Waals surface area contributed by atoms with Gasteiger partial charge >= 0.3 is 0 Å². The zero-order chi connectivity index (χ0) is 15.5. The average molecular weight is 314 g/mol. The van der Waals surface area contributed by atoms with Crippen LogP contribution in [0.15, 0.2) is 0 Å². The van der Waals surface area contributed by atoms with Crippen molar-refractivity contribution in [3.8, 4) is 0 Å². The number of aromatic nitrogens is 3. The molecule has 7 heteroatoms. The molecule has 2 rings (SSSR count). The van der Waals surface area contributed by atoms with Gasteiger partial charge in [0.25, 0.3) is 0 Å². The Labute approximate surface area is 131 Å². The molecular weight excluding hydrogens is 290 g/mol. The molecule has 0 amide bonds. The Bertz CT molecular complexity index is 471. The summed E-state index contributed by atoms with van der Waals surface area (Å²) in [5, 5.41) is 12.7. The lowest BCUT2D eigenvalue weighted by Crippen LogP contribution is -2.35. The molecule has 0 spiro atoms. The minimum absolute atomic E-state index is 0.0182. The molecule has 0 radical (unpaired) electrons. The highest BCUT2D eigenvalue weighted by Gasteiger charge is 2.25. The molecule has 1 aromatic heterocycles. The van der Waals surface area contributed by atoms with E-state index in [1.165, 1.54) is 0 Å². The quantitative estimate of drug-likeness (QED) is 0.869. The summed E-state index contributed by atoms with van der Waals surface area (Å²) >= 11 is 6.02. The zero-order valence-electron chi connectivity index (χ0n) is 12.9. The molecule has 1 aliphatic heterocycles. The van der Waals surface area contributed by atoms with Crippen LogP contribution < -0.4 is 10.2 Å². The number of rotatable bonds is 5. The van der Waals surface area contributed by atoms with Crippen LogP contribution in [0.2, 0.25) is 5.28 Å². The van der Waals surface area contributed by atoms with E-state index < -0.39 is 0 Å². The zero-order valence-corrected chi connectivity index (χ0v) is 13.7. The first-order valence-electron chi connectivity index (χ1n) is 7.44. The third-order valence-electron chi connectivity index (χ3n) is 3.75. The summed E-state index contributed by atoms with van der Waals surface area (Å²) in [6, 6.07) is 0.0624. The van der Waals surface area contributed by atoms with Crippen LogP contribution in [0, 0.1) is 5.41 Å². The van der Waals surface area contributed by atoms with E-state index in [1.54, 1.807) is 0 Å². The molecule has 118 valence electrons. The number of nitrogens with zero attached hydrogens (tertiary/aromatic N) is 4. The van der Waals surface area contributed by atoms with Crippen LogP contribution in [0.5, 0.6) is 0 Å². The summed E-state index contributed by atoms with van der Waals surface area (Å²) < 4.78 is 0. The molecule has 6 nitrogen and oxygen atoms in total. The van der Waals surface area contributed by atoms with Crippen molar-refractivity contribution in [2.24, 2.45) is 5.41 Å². The van der Waals surface area contributed by atoms with Crippen LogP contribution in [0.25, 0.3) is 0 Å². The predicted molar refractivity (Wildman–Crippen MR) is 84.9 cm³/mol. The van der Waals surface area contributed by atoms with Crippen molar-refractivity contribution in [2.45, 2.75) is 46.1 Å². The lowest BCUT2D eigenvalue weighted by atomic mass is 9.85. The van der Waals surface area contributed by atoms with Gasteiger partial charge in [-0.3, -0.25) is 0 Å². The Kier molecular flexibility index (Phi) is 5.22. The van der Waals surface area contributed by atoms with E-state index in [-0.39, 0.29) is 23.3 Å². The number of aliphatic hydroxyl groups excluding tert-OH is 1. The van der Waals surface area contributed by atoms with Gasteiger partial charge in [-0.05, 0) is 36.3 Å². The van der Waals surface area contributed by atoms with Crippen molar-refractivity contribution < 1.29 is 5.11 Å². The summed E-state index contributed by atoms with van der Waals surface area (Å²) in [6.45, 7) is 8.38. The van der Waals surface area contributed by atoms with Gasteiger partial charge in [0, 0.05) is 25.7 Å². The second-order valence-corrected chi connectivity index (χ2v) is 6.84. The first-order chi connectivity index (χ1) is 9.90. The predicted octanol–water partition coefficient (Wildman–Crippen LogP) is 2.33. The molecule has 1 aromatic rings. The summed E-state index contributed by atoms with van der Waals surface area (Å²) in [4.78, 5) is 15.0.